The Balaban J connectivity index is 1.87. The maximum Gasteiger partial charge on any atom is 0.336 e. The van der Waals surface area contributed by atoms with E-state index in [0.717, 1.165) is 5.56 Å². The number of methoxy groups -OCH3 is 1. The quantitative estimate of drug-likeness (QED) is 0.587. The Labute approximate surface area is 191 Å². The van der Waals surface area contributed by atoms with E-state index in [0.29, 0.717) is 27.7 Å². The minimum absolute atomic E-state index is 0.0103. The van der Waals surface area contributed by atoms with Crippen LogP contribution in [0.25, 0.3) is 6.08 Å². The Kier molecular flexibility index (Phi) is 7.49. The Morgan fingerprint density at radius 3 is 2.59 bits per heavy atom. The van der Waals surface area contributed by atoms with Crippen LogP contribution in [-0.2, 0) is 14.3 Å². The number of ether oxygens (including phenoxy) is 2. The average Bonchev–Trinajstić information content (AvgIpc) is 2.76. The third-order valence-electron chi connectivity index (χ3n) is 5.27. The van der Waals surface area contributed by atoms with Crippen LogP contribution >= 0.6 is 11.6 Å². The zero-order chi connectivity index (χ0) is 23.3. The average molecular weight is 454 g/mol. The predicted molar refractivity (Wildman–Crippen MR) is 124 cm³/mol. The molecule has 0 spiro atoms. The van der Waals surface area contributed by atoms with Crippen molar-refractivity contribution in [3.8, 4) is 5.75 Å². The summed E-state index contributed by atoms with van der Waals surface area (Å²) in [6.07, 6.45) is 3.50. The molecule has 0 amide bonds. The summed E-state index contributed by atoms with van der Waals surface area (Å²) in [4.78, 5) is 29.5. The summed E-state index contributed by atoms with van der Waals surface area (Å²) in [5.41, 5.74) is 2.55. The van der Waals surface area contributed by atoms with Crippen LogP contribution in [0, 0.1) is 5.92 Å². The molecule has 3 rings (SSSR count). The van der Waals surface area contributed by atoms with Gasteiger partial charge in [0.05, 0.1) is 12.7 Å². The summed E-state index contributed by atoms with van der Waals surface area (Å²) in [6, 6.07) is 14.3. The third kappa shape index (κ3) is 5.08. The number of hydrogen-bond acceptors (Lipinski definition) is 5. The van der Waals surface area contributed by atoms with Crippen LogP contribution in [0.4, 0.5) is 0 Å². The van der Waals surface area contributed by atoms with E-state index in [1.807, 2.05) is 24.3 Å². The lowest BCUT2D eigenvalue weighted by molar-refractivity contribution is -0.140. The highest BCUT2D eigenvalue weighted by Crippen LogP contribution is 2.40. The van der Waals surface area contributed by atoms with E-state index in [9.17, 15) is 14.7 Å². The summed E-state index contributed by atoms with van der Waals surface area (Å²) >= 11 is 6.15. The number of hydrogen-bond donors (Lipinski definition) is 1. The highest BCUT2D eigenvalue weighted by molar-refractivity contribution is 6.30. The monoisotopic (exact) mass is 453 g/mol. The third-order valence-corrected chi connectivity index (χ3v) is 5.50. The number of allylic oxidation sites excluding steroid dienone is 1. The Hall–Kier alpha value is -3.38. The van der Waals surface area contributed by atoms with Gasteiger partial charge in [-0.15, -0.1) is 0 Å². The first-order chi connectivity index (χ1) is 15.3. The number of para-hydroxylation sites is 1. The normalized spacial score (nSPS) is 18.4. The van der Waals surface area contributed by atoms with Gasteiger partial charge in [-0.25, -0.2) is 4.79 Å². The lowest BCUT2D eigenvalue weighted by atomic mass is 9.75. The second-order valence-electron chi connectivity index (χ2n) is 7.34. The number of carbonyl (C=O) groups is 2. The van der Waals surface area contributed by atoms with Gasteiger partial charge in [0.1, 0.15) is 18.3 Å². The number of halogens is 1. The Morgan fingerprint density at radius 2 is 1.91 bits per heavy atom. The van der Waals surface area contributed by atoms with Gasteiger partial charge in [-0.1, -0.05) is 48.0 Å². The molecule has 1 aliphatic rings. The van der Waals surface area contributed by atoms with Gasteiger partial charge in [-0.05, 0) is 43.7 Å². The molecule has 0 radical (unpaired) electrons. The van der Waals surface area contributed by atoms with Gasteiger partial charge < -0.3 is 14.6 Å². The van der Waals surface area contributed by atoms with Crippen molar-refractivity contribution < 1.29 is 24.2 Å². The first-order valence-corrected chi connectivity index (χ1v) is 10.4. The number of benzene rings is 2. The van der Waals surface area contributed by atoms with Gasteiger partial charge in [-0.3, -0.25) is 9.79 Å². The number of rotatable bonds is 7. The number of carbonyl (C=O) groups excluding carboxylic acids is 1. The maximum absolute atomic E-state index is 13.1. The number of aliphatic imine (C=N–C) groups is 1. The van der Waals surface area contributed by atoms with Crippen LogP contribution in [0.15, 0.2) is 70.9 Å². The molecule has 0 saturated carbocycles. The smallest absolute Gasteiger partial charge is 0.336 e. The van der Waals surface area contributed by atoms with Crippen LogP contribution in [0.2, 0.25) is 5.02 Å². The maximum atomic E-state index is 13.1. The van der Waals surface area contributed by atoms with Gasteiger partial charge in [0, 0.05) is 27.9 Å². The van der Waals surface area contributed by atoms with E-state index >= 15 is 0 Å². The molecule has 32 heavy (non-hydrogen) atoms. The fourth-order valence-corrected chi connectivity index (χ4v) is 4.06. The number of esters is 1. The van der Waals surface area contributed by atoms with E-state index in [1.54, 1.807) is 57.4 Å². The molecule has 7 heteroatoms. The van der Waals surface area contributed by atoms with E-state index in [4.69, 9.17) is 21.1 Å². The minimum atomic E-state index is -1.06. The first kappa shape index (κ1) is 23.3. The second kappa shape index (κ2) is 10.3. The van der Waals surface area contributed by atoms with Crippen LogP contribution in [0.3, 0.4) is 0 Å². The molecule has 1 heterocycles. The Morgan fingerprint density at radius 1 is 1.16 bits per heavy atom. The molecular formula is C25H24ClNO5. The number of carboxylic acids is 1. The zero-order valence-corrected chi connectivity index (χ0v) is 18.8. The van der Waals surface area contributed by atoms with E-state index in [1.165, 1.54) is 0 Å². The number of carboxylic acid groups (broad SMARTS) is 1. The summed E-state index contributed by atoms with van der Waals surface area (Å²) in [5, 5.41) is 10.3. The topological polar surface area (TPSA) is 85.2 Å². The molecule has 1 aliphatic heterocycles. The summed E-state index contributed by atoms with van der Waals surface area (Å²) in [6.45, 7) is 3.34. The van der Waals surface area contributed by atoms with E-state index in [-0.39, 0.29) is 12.2 Å². The van der Waals surface area contributed by atoms with Gasteiger partial charge in [0.25, 0.3) is 0 Å². The zero-order valence-electron chi connectivity index (χ0n) is 18.0. The molecule has 2 atom stereocenters. The molecule has 2 aromatic rings. The first-order valence-electron chi connectivity index (χ1n) is 10.0. The van der Waals surface area contributed by atoms with Crippen molar-refractivity contribution in [2.75, 3.05) is 13.7 Å². The van der Waals surface area contributed by atoms with Crippen LogP contribution in [-0.4, -0.2) is 36.5 Å². The van der Waals surface area contributed by atoms with Crippen molar-refractivity contribution >= 4 is 35.3 Å². The fraction of sp³-hybridized carbons (Fsp3) is 0.240. The number of nitrogens with zero attached hydrogens (tertiary/aromatic N) is 1. The van der Waals surface area contributed by atoms with Crippen molar-refractivity contribution in [2.24, 2.45) is 10.9 Å². The van der Waals surface area contributed by atoms with Gasteiger partial charge in [-0.2, -0.15) is 0 Å². The van der Waals surface area contributed by atoms with Crippen molar-refractivity contribution in [3.63, 3.8) is 0 Å². The summed E-state index contributed by atoms with van der Waals surface area (Å²) in [7, 11) is 1.59. The molecule has 0 fully saturated rings. The van der Waals surface area contributed by atoms with Crippen LogP contribution in [0.5, 0.6) is 5.75 Å². The molecule has 0 aromatic heterocycles. The Bertz CT molecular complexity index is 1120. The van der Waals surface area contributed by atoms with E-state index in [2.05, 4.69) is 4.99 Å². The van der Waals surface area contributed by atoms with Gasteiger partial charge in [0.15, 0.2) is 0 Å². The van der Waals surface area contributed by atoms with Crippen molar-refractivity contribution in [2.45, 2.75) is 19.8 Å². The van der Waals surface area contributed by atoms with Crippen LogP contribution < -0.4 is 4.74 Å². The van der Waals surface area contributed by atoms with Crippen LogP contribution in [0.1, 0.15) is 30.9 Å². The molecule has 1 N–H and O–H groups in total. The standard InChI is InChI=1S/C25H24ClNO5/c1-15-21(24(28)29)23(18-9-6-11-19(26)14-18)22(16(2)27-15)25(30)32-13-7-10-17-8-4-5-12-20(17)31-3/h4-12,14,21,23H,13H2,1-3H3,(H,28,29). The molecule has 166 valence electrons. The molecule has 2 unspecified atom stereocenters. The molecule has 0 bridgehead atoms. The summed E-state index contributed by atoms with van der Waals surface area (Å²) < 4.78 is 10.8. The van der Waals surface area contributed by atoms with Crippen molar-refractivity contribution in [3.05, 3.63) is 82.0 Å². The van der Waals surface area contributed by atoms with Crippen molar-refractivity contribution in [1.29, 1.82) is 0 Å². The lowest BCUT2D eigenvalue weighted by Gasteiger charge is -2.30. The molecule has 0 aliphatic carbocycles. The largest absolute Gasteiger partial charge is 0.496 e. The lowest BCUT2D eigenvalue weighted by Crippen LogP contribution is -2.35. The molecule has 6 nitrogen and oxygen atoms in total. The SMILES string of the molecule is COc1ccccc1C=CCOC(=O)C1=C(C)N=C(C)C(C(=O)O)C1c1cccc(Cl)c1. The molecule has 0 saturated heterocycles. The minimum Gasteiger partial charge on any atom is -0.496 e. The van der Waals surface area contributed by atoms with Crippen molar-refractivity contribution in [1.82, 2.24) is 0 Å². The molecular weight excluding hydrogens is 430 g/mol. The van der Waals surface area contributed by atoms with E-state index < -0.39 is 23.8 Å². The number of aliphatic carboxylic acids is 1. The predicted octanol–water partition coefficient (Wildman–Crippen LogP) is 5.14. The fourth-order valence-electron chi connectivity index (χ4n) is 3.86. The van der Waals surface area contributed by atoms with Gasteiger partial charge in [0.2, 0.25) is 0 Å². The summed E-state index contributed by atoms with van der Waals surface area (Å²) in [5.74, 6) is -2.72. The van der Waals surface area contributed by atoms with Gasteiger partial charge >= 0.3 is 11.9 Å². The highest BCUT2D eigenvalue weighted by atomic mass is 35.5. The second-order valence-corrected chi connectivity index (χ2v) is 7.78. The highest BCUT2D eigenvalue weighted by Gasteiger charge is 2.41. The molecule has 2 aromatic carbocycles.